The van der Waals surface area contributed by atoms with Gasteiger partial charge in [-0.2, -0.15) is 0 Å². The first-order chi connectivity index (χ1) is 10.0. The molecule has 2 N–H and O–H groups in total. The van der Waals surface area contributed by atoms with Crippen molar-refractivity contribution >= 4 is 17.7 Å². The first kappa shape index (κ1) is 17.1. The van der Waals surface area contributed by atoms with E-state index in [-0.39, 0.29) is 5.97 Å². The predicted octanol–water partition coefficient (Wildman–Crippen LogP) is 3.37. The van der Waals surface area contributed by atoms with Gasteiger partial charge in [-0.3, -0.25) is 4.79 Å². The summed E-state index contributed by atoms with van der Waals surface area (Å²) in [6.45, 7) is 7.44. The molecule has 0 amide bonds. The second-order valence-electron chi connectivity index (χ2n) is 4.88. The zero-order valence-electron chi connectivity index (χ0n) is 13.2. The van der Waals surface area contributed by atoms with E-state index in [0.29, 0.717) is 6.61 Å². The highest BCUT2D eigenvalue weighted by molar-refractivity contribution is 5.74. The van der Waals surface area contributed by atoms with E-state index in [1.165, 1.54) is 30.9 Å². The lowest BCUT2D eigenvalue weighted by atomic mass is 9.88. The summed E-state index contributed by atoms with van der Waals surface area (Å²) >= 11 is 0. The molecule has 1 aromatic carbocycles. The summed E-state index contributed by atoms with van der Waals surface area (Å²) in [5, 5.41) is 0. The number of carbonyl (C=O) groups is 1. The van der Waals surface area contributed by atoms with Gasteiger partial charge in [0.15, 0.2) is 0 Å². The van der Waals surface area contributed by atoms with E-state index in [1.807, 2.05) is 0 Å². The van der Waals surface area contributed by atoms with Crippen LogP contribution in [0, 0.1) is 0 Å². The number of anilines is 1. The summed E-state index contributed by atoms with van der Waals surface area (Å²) in [7, 11) is 1.68. The molecular weight excluding hydrogens is 266 g/mol. The van der Waals surface area contributed by atoms with Crippen LogP contribution in [0.2, 0.25) is 0 Å². The normalized spacial score (nSPS) is 12.5. The first-order valence-corrected chi connectivity index (χ1v) is 7.29. The highest BCUT2D eigenvalue weighted by atomic mass is 16.5. The maximum Gasteiger partial charge on any atom is 0.302 e. The fraction of sp³-hybridized carbons (Fsp3) is 0.471. The van der Waals surface area contributed by atoms with Crippen LogP contribution >= 0.6 is 0 Å². The van der Waals surface area contributed by atoms with E-state index in [1.54, 1.807) is 20.1 Å². The van der Waals surface area contributed by atoms with Crippen LogP contribution in [0.15, 0.2) is 12.6 Å². The summed E-state index contributed by atoms with van der Waals surface area (Å²) in [4.78, 5) is 9.82. The highest BCUT2D eigenvalue weighted by Gasteiger charge is 2.17. The molecule has 0 saturated carbocycles. The highest BCUT2D eigenvalue weighted by Crippen LogP contribution is 2.35. The molecule has 0 spiro atoms. The monoisotopic (exact) mass is 291 g/mol. The SMILES string of the molecule is C=Cc1c(OC)cc2c(c1N)CCCC2.CCOC(C)=O. The number of nitrogens with two attached hydrogens (primary N) is 1. The molecule has 1 aliphatic carbocycles. The Morgan fingerprint density at radius 3 is 2.57 bits per heavy atom. The molecule has 116 valence electrons. The molecule has 0 radical (unpaired) electrons. The number of ether oxygens (including phenoxy) is 2. The lowest BCUT2D eigenvalue weighted by Crippen LogP contribution is -2.08. The van der Waals surface area contributed by atoms with Gasteiger partial charge in [-0.25, -0.2) is 0 Å². The molecular formula is C17H25NO3. The number of carbonyl (C=O) groups excluding carboxylic acids is 1. The molecule has 0 heterocycles. The third-order valence-corrected chi connectivity index (χ3v) is 3.47. The zero-order valence-corrected chi connectivity index (χ0v) is 13.2. The van der Waals surface area contributed by atoms with Crippen LogP contribution < -0.4 is 10.5 Å². The molecule has 4 nitrogen and oxygen atoms in total. The largest absolute Gasteiger partial charge is 0.496 e. The number of hydrogen-bond acceptors (Lipinski definition) is 4. The average Bonchev–Trinajstić information content (AvgIpc) is 2.47. The van der Waals surface area contributed by atoms with E-state index in [0.717, 1.165) is 29.8 Å². The van der Waals surface area contributed by atoms with Crippen LogP contribution in [0.4, 0.5) is 5.69 Å². The minimum atomic E-state index is -0.211. The Balaban J connectivity index is 0.000000315. The number of methoxy groups -OCH3 is 1. The van der Waals surface area contributed by atoms with Crippen molar-refractivity contribution in [2.24, 2.45) is 0 Å². The van der Waals surface area contributed by atoms with E-state index < -0.39 is 0 Å². The van der Waals surface area contributed by atoms with Crippen molar-refractivity contribution in [3.63, 3.8) is 0 Å². The predicted molar refractivity (Wildman–Crippen MR) is 86.4 cm³/mol. The minimum absolute atomic E-state index is 0.211. The van der Waals surface area contributed by atoms with Gasteiger partial charge in [-0.1, -0.05) is 12.7 Å². The Morgan fingerprint density at radius 2 is 2.10 bits per heavy atom. The number of nitrogen functional groups attached to an aromatic ring is 1. The quantitative estimate of drug-likeness (QED) is 0.685. The molecule has 0 saturated heterocycles. The number of esters is 1. The molecule has 0 bridgehead atoms. The Labute approximate surface area is 126 Å². The van der Waals surface area contributed by atoms with E-state index in [2.05, 4.69) is 17.4 Å². The van der Waals surface area contributed by atoms with Gasteiger partial charge >= 0.3 is 5.97 Å². The van der Waals surface area contributed by atoms with E-state index in [9.17, 15) is 4.79 Å². The lowest BCUT2D eigenvalue weighted by molar-refractivity contribution is -0.140. The Bertz CT molecular complexity index is 509. The zero-order chi connectivity index (χ0) is 15.8. The molecule has 0 fully saturated rings. The Morgan fingerprint density at radius 1 is 1.43 bits per heavy atom. The van der Waals surface area contributed by atoms with Gasteiger partial charge < -0.3 is 15.2 Å². The van der Waals surface area contributed by atoms with Crippen LogP contribution in [0.1, 0.15) is 43.4 Å². The van der Waals surface area contributed by atoms with Crippen molar-refractivity contribution in [3.8, 4) is 5.75 Å². The molecule has 2 rings (SSSR count). The fourth-order valence-corrected chi connectivity index (χ4v) is 2.51. The van der Waals surface area contributed by atoms with E-state index >= 15 is 0 Å². The van der Waals surface area contributed by atoms with Crippen molar-refractivity contribution in [1.82, 2.24) is 0 Å². The number of benzene rings is 1. The molecule has 0 atom stereocenters. The van der Waals surface area contributed by atoms with Gasteiger partial charge in [0.1, 0.15) is 5.75 Å². The van der Waals surface area contributed by atoms with Gasteiger partial charge in [-0.15, -0.1) is 0 Å². The van der Waals surface area contributed by atoms with Gasteiger partial charge in [-0.05, 0) is 49.8 Å². The third kappa shape index (κ3) is 4.52. The lowest BCUT2D eigenvalue weighted by Gasteiger charge is -2.21. The molecule has 1 aromatic rings. The standard InChI is InChI=1S/C13H17NO.C4H8O2/c1-3-10-12(15-2)8-9-6-4-5-7-11(9)13(10)14;1-3-6-4(2)5/h3,8H,1,4-7,14H2,2H3;3H2,1-2H3. The molecule has 0 aliphatic heterocycles. The average molecular weight is 291 g/mol. The summed E-state index contributed by atoms with van der Waals surface area (Å²) < 4.78 is 9.73. The molecule has 0 aromatic heterocycles. The molecule has 21 heavy (non-hydrogen) atoms. The minimum Gasteiger partial charge on any atom is -0.496 e. The van der Waals surface area contributed by atoms with Crippen molar-refractivity contribution in [2.45, 2.75) is 39.5 Å². The number of rotatable bonds is 3. The third-order valence-electron chi connectivity index (χ3n) is 3.47. The van der Waals surface area contributed by atoms with E-state index in [4.69, 9.17) is 10.5 Å². The van der Waals surface area contributed by atoms with Crippen molar-refractivity contribution in [3.05, 3.63) is 29.3 Å². The Hall–Kier alpha value is -1.97. The second-order valence-corrected chi connectivity index (χ2v) is 4.88. The van der Waals surface area contributed by atoms with Crippen molar-refractivity contribution < 1.29 is 14.3 Å². The van der Waals surface area contributed by atoms with Crippen LogP contribution in [0.3, 0.4) is 0 Å². The molecule has 1 aliphatic rings. The summed E-state index contributed by atoms with van der Waals surface area (Å²) in [5.74, 6) is 0.639. The first-order valence-electron chi connectivity index (χ1n) is 7.29. The maximum absolute atomic E-state index is 9.82. The fourth-order valence-electron chi connectivity index (χ4n) is 2.51. The van der Waals surface area contributed by atoms with Crippen molar-refractivity contribution in [2.75, 3.05) is 19.5 Å². The van der Waals surface area contributed by atoms with Crippen LogP contribution in [-0.2, 0) is 22.4 Å². The van der Waals surface area contributed by atoms with Crippen LogP contribution in [0.25, 0.3) is 6.08 Å². The van der Waals surface area contributed by atoms with Gasteiger partial charge in [0.05, 0.1) is 13.7 Å². The number of fused-ring (bicyclic) bond motifs is 1. The molecule has 0 unspecified atom stereocenters. The second kappa shape index (κ2) is 8.35. The maximum atomic E-state index is 9.82. The summed E-state index contributed by atoms with van der Waals surface area (Å²) in [6, 6.07) is 2.11. The number of hydrogen-bond donors (Lipinski definition) is 1. The van der Waals surface area contributed by atoms with Crippen LogP contribution in [0.5, 0.6) is 5.75 Å². The number of aryl methyl sites for hydroxylation is 1. The Kier molecular flexibility index (Phi) is 6.79. The smallest absolute Gasteiger partial charge is 0.302 e. The van der Waals surface area contributed by atoms with Gasteiger partial charge in [0.25, 0.3) is 0 Å². The van der Waals surface area contributed by atoms with Crippen LogP contribution in [-0.4, -0.2) is 19.7 Å². The summed E-state index contributed by atoms with van der Waals surface area (Å²) in [5.41, 5.74) is 10.6. The van der Waals surface area contributed by atoms with Gasteiger partial charge in [0.2, 0.25) is 0 Å². The topological polar surface area (TPSA) is 61.6 Å². The van der Waals surface area contributed by atoms with Crippen molar-refractivity contribution in [1.29, 1.82) is 0 Å². The summed E-state index contributed by atoms with van der Waals surface area (Å²) in [6.07, 6.45) is 6.48. The van der Waals surface area contributed by atoms with Gasteiger partial charge in [0, 0.05) is 18.2 Å². The molecule has 4 heteroatoms.